The molecule has 6 nitrogen and oxygen atoms in total. The van der Waals surface area contributed by atoms with Crippen molar-refractivity contribution in [2.45, 2.75) is 42.1 Å². The maximum Gasteiger partial charge on any atom is 0.240 e. The highest BCUT2D eigenvalue weighted by atomic mass is 32.2. The highest BCUT2D eigenvalue weighted by Crippen LogP contribution is 2.23. The Balaban J connectivity index is 1.80. The van der Waals surface area contributed by atoms with Crippen LogP contribution in [0.2, 0.25) is 0 Å². The Bertz CT molecular complexity index is 981. The molecule has 0 unspecified atom stereocenters. The molecule has 2 N–H and O–H groups in total. The monoisotopic (exact) mass is 380 g/mol. The van der Waals surface area contributed by atoms with E-state index < -0.39 is 20.0 Å². The molecule has 1 fully saturated rings. The van der Waals surface area contributed by atoms with Gasteiger partial charge in [0.15, 0.2) is 0 Å². The number of rotatable bonds is 7. The number of hydrogen-bond acceptors (Lipinski definition) is 4. The van der Waals surface area contributed by atoms with Gasteiger partial charge in [0.05, 0.1) is 9.79 Å². The molecule has 0 saturated heterocycles. The highest BCUT2D eigenvalue weighted by Gasteiger charge is 2.28. The molecular formula is C17H20N2O4S2. The average molecular weight is 380 g/mol. The van der Waals surface area contributed by atoms with Crippen LogP contribution in [-0.4, -0.2) is 22.9 Å². The Labute approximate surface area is 148 Å². The second-order valence-electron chi connectivity index (χ2n) is 6.12. The number of aryl methyl sites for hydroxylation is 1. The van der Waals surface area contributed by atoms with Crippen LogP contribution in [0.15, 0.2) is 58.3 Å². The minimum absolute atomic E-state index is 0.0376. The van der Waals surface area contributed by atoms with Gasteiger partial charge in [0.2, 0.25) is 20.0 Å². The number of hydrogen-bond donors (Lipinski definition) is 2. The molecule has 1 aliphatic carbocycles. The first-order valence-corrected chi connectivity index (χ1v) is 10.9. The Hall–Kier alpha value is -1.74. The van der Waals surface area contributed by atoms with Gasteiger partial charge in [0.25, 0.3) is 0 Å². The van der Waals surface area contributed by atoms with E-state index in [1.54, 1.807) is 0 Å². The number of benzene rings is 2. The lowest BCUT2D eigenvalue weighted by Crippen LogP contribution is -2.27. The fourth-order valence-electron chi connectivity index (χ4n) is 2.36. The van der Waals surface area contributed by atoms with Crippen LogP contribution in [0, 0.1) is 6.92 Å². The van der Waals surface area contributed by atoms with Crippen molar-refractivity contribution in [2.24, 2.45) is 0 Å². The summed E-state index contributed by atoms with van der Waals surface area (Å²) < 4.78 is 54.6. The third-order valence-corrected chi connectivity index (χ3v) is 6.96. The molecule has 134 valence electrons. The third kappa shape index (κ3) is 4.46. The zero-order valence-corrected chi connectivity index (χ0v) is 15.4. The summed E-state index contributed by atoms with van der Waals surface area (Å²) in [7, 11) is -7.51. The summed E-state index contributed by atoms with van der Waals surface area (Å²) in [6.07, 6.45) is 1.63. The van der Waals surface area contributed by atoms with E-state index in [1.165, 1.54) is 24.3 Å². The van der Waals surface area contributed by atoms with Crippen molar-refractivity contribution in [2.75, 3.05) is 0 Å². The van der Waals surface area contributed by atoms with Gasteiger partial charge in [-0.1, -0.05) is 30.3 Å². The van der Waals surface area contributed by atoms with Crippen LogP contribution < -0.4 is 9.44 Å². The van der Waals surface area contributed by atoms with Gasteiger partial charge in [-0.15, -0.1) is 0 Å². The van der Waals surface area contributed by atoms with Crippen LogP contribution in [-0.2, 0) is 26.6 Å². The minimum Gasteiger partial charge on any atom is -0.208 e. The largest absolute Gasteiger partial charge is 0.240 e. The van der Waals surface area contributed by atoms with Crippen molar-refractivity contribution in [1.82, 2.24) is 9.44 Å². The quantitative estimate of drug-likeness (QED) is 0.767. The van der Waals surface area contributed by atoms with Crippen LogP contribution >= 0.6 is 0 Å². The second kappa shape index (κ2) is 6.87. The molecule has 0 heterocycles. The zero-order valence-electron chi connectivity index (χ0n) is 13.8. The summed E-state index contributed by atoms with van der Waals surface area (Å²) in [5, 5.41) is 0. The lowest BCUT2D eigenvalue weighted by Gasteiger charge is -2.10. The van der Waals surface area contributed by atoms with E-state index in [0.717, 1.165) is 24.0 Å². The van der Waals surface area contributed by atoms with Crippen molar-refractivity contribution in [1.29, 1.82) is 0 Å². The zero-order chi connectivity index (χ0) is 18.1. The molecule has 0 spiro atoms. The standard InChI is InChI=1S/C17H20N2O4S2/c1-13-5-2-3-6-14(13)12-18-24(20,21)16-7-4-8-17(11-16)25(22,23)19-15-9-10-15/h2-8,11,15,18-19H,9-10,12H2,1H3. The maximum absolute atomic E-state index is 12.5. The number of sulfonamides is 2. The van der Waals surface area contributed by atoms with Gasteiger partial charge in [-0.25, -0.2) is 26.3 Å². The van der Waals surface area contributed by atoms with Gasteiger partial charge >= 0.3 is 0 Å². The van der Waals surface area contributed by atoms with Crippen molar-refractivity contribution in [3.8, 4) is 0 Å². The van der Waals surface area contributed by atoms with E-state index in [1.807, 2.05) is 31.2 Å². The molecule has 1 aliphatic rings. The van der Waals surface area contributed by atoms with Crippen molar-refractivity contribution in [3.63, 3.8) is 0 Å². The van der Waals surface area contributed by atoms with Gasteiger partial charge in [-0.2, -0.15) is 0 Å². The van der Waals surface area contributed by atoms with Gasteiger partial charge < -0.3 is 0 Å². The smallest absolute Gasteiger partial charge is 0.208 e. The molecule has 3 rings (SSSR count). The molecule has 8 heteroatoms. The Morgan fingerprint density at radius 1 is 0.920 bits per heavy atom. The first kappa shape index (κ1) is 18.1. The third-order valence-electron chi connectivity index (χ3n) is 4.04. The second-order valence-corrected chi connectivity index (χ2v) is 9.60. The van der Waals surface area contributed by atoms with Crippen LogP contribution in [0.3, 0.4) is 0 Å². The molecule has 1 saturated carbocycles. The van der Waals surface area contributed by atoms with Crippen molar-refractivity contribution < 1.29 is 16.8 Å². The van der Waals surface area contributed by atoms with Crippen LogP contribution in [0.5, 0.6) is 0 Å². The molecule has 0 radical (unpaired) electrons. The molecule has 0 atom stereocenters. The van der Waals surface area contributed by atoms with E-state index in [4.69, 9.17) is 0 Å². The molecule has 0 amide bonds. The maximum atomic E-state index is 12.5. The summed E-state index contributed by atoms with van der Waals surface area (Å²) in [6.45, 7) is 2.05. The van der Waals surface area contributed by atoms with Gasteiger partial charge in [-0.05, 0) is 49.1 Å². The molecule has 2 aromatic carbocycles. The lowest BCUT2D eigenvalue weighted by molar-refractivity contribution is 0.579. The summed E-state index contributed by atoms with van der Waals surface area (Å²) >= 11 is 0. The van der Waals surface area contributed by atoms with Crippen molar-refractivity contribution in [3.05, 3.63) is 59.7 Å². The lowest BCUT2D eigenvalue weighted by atomic mass is 10.1. The fourth-order valence-corrected chi connectivity index (χ4v) is 4.84. The topological polar surface area (TPSA) is 92.3 Å². The summed E-state index contributed by atoms with van der Waals surface area (Å²) in [5.74, 6) is 0. The first-order chi connectivity index (χ1) is 11.8. The molecule has 2 aromatic rings. The summed E-state index contributed by atoms with van der Waals surface area (Å²) in [4.78, 5) is -0.113. The van der Waals surface area contributed by atoms with Gasteiger partial charge in [0, 0.05) is 12.6 Å². The Morgan fingerprint density at radius 2 is 1.56 bits per heavy atom. The number of nitrogens with one attached hydrogen (secondary N) is 2. The molecule has 0 aromatic heterocycles. The first-order valence-electron chi connectivity index (χ1n) is 7.94. The van der Waals surface area contributed by atoms with Crippen LogP contribution in [0.25, 0.3) is 0 Å². The Kier molecular flexibility index (Phi) is 4.97. The van der Waals surface area contributed by atoms with E-state index in [2.05, 4.69) is 9.44 Å². The molecule has 0 aliphatic heterocycles. The normalized spacial score (nSPS) is 15.2. The molecular weight excluding hydrogens is 360 g/mol. The highest BCUT2D eigenvalue weighted by molar-refractivity contribution is 7.90. The summed E-state index contributed by atoms with van der Waals surface area (Å²) in [5.41, 5.74) is 1.85. The fraction of sp³-hybridized carbons (Fsp3) is 0.294. The Morgan fingerprint density at radius 3 is 2.20 bits per heavy atom. The predicted octanol–water partition coefficient (Wildman–Crippen LogP) is 1.91. The van der Waals surface area contributed by atoms with Gasteiger partial charge in [0.1, 0.15) is 0 Å². The van der Waals surface area contributed by atoms with E-state index in [0.29, 0.717) is 0 Å². The van der Waals surface area contributed by atoms with Crippen molar-refractivity contribution >= 4 is 20.0 Å². The van der Waals surface area contributed by atoms with E-state index in [9.17, 15) is 16.8 Å². The molecule has 25 heavy (non-hydrogen) atoms. The van der Waals surface area contributed by atoms with E-state index in [-0.39, 0.29) is 22.4 Å². The molecule has 0 bridgehead atoms. The van der Waals surface area contributed by atoms with Crippen LogP contribution in [0.1, 0.15) is 24.0 Å². The van der Waals surface area contributed by atoms with E-state index >= 15 is 0 Å². The van der Waals surface area contributed by atoms with Crippen LogP contribution in [0.4, 0.5) is 0 Å². The van der Waals surface area contributed by atoms with Gasteiger partial charge in [-0.3, -0.25) is 0 Å². The predicted molar refractivity (Wildman–Crippen MR) is 95.0 cm³/mol. The summed E-state index contributed by atoms with van der Waals surface area (Å²) in [6, 6.07) is 12.8. The minimum atomic E-state index is -3.81. The SMILES string of the molecule is Cc1ccccc1CNS(=O)(=O)c1cccc(S(=O)(=O)NC2CC2)c1. The average Bonchev–Trinajstić information content (AvgIpc) is 3.38.